The summed E-state index contributed by atoms with van der Waals surface area (Å²) in [6, 6.07) is -0.379. The van der Waals surface area contributed by atoms with Gasteiger partial charge < -0.3 is 36.1 Å². The van der Waals surface area contributed by atoms with Crippen molar-refractivity contribution in [1.29, 1.82) is 0 Å². The van der Waals surface area contributed by atoms with E-state index in [0.717, 1.165) is 65.1 Å². The van der Waals surface area contributed by atoms with E-state index in [1.807, 2.05) is 15.7 Å². The fourth-order valence-electron chi connectivity index (χ4n) is 4.27. The maximum Gasteiger partial charge on any atom is 0.237 e. The highest BCUT2D eigenvalue weighted by molar-refractivity contribution is 5.81. The molecule has 0 aliphatic carbocycles. The number of carbonyl (C=O) groups excluding carboxylic acids is 2. The number of hydrogen-bond acceptors (Lipinski definition) is 7. The van der Waals surface area contributed by atoms with Crippen LogP contribution in [0.4, 0.5) is 5.95 Å². The van der Waals surface area contributed by atoms with Crippen LogP contribution in [0.3, 0.4) is 0 Å². The van der Waals surface area contributed by atoms with E-state index in [4.69, 9.17) is 11.5 Å². The first-order chi connectivity index (χ1) is 14.9. The first-order valence-corrected chi connectivity index (χ1v) is 11.4. The molecule has 2 saturated heterocycles. The van der Waals surface area contributed by atoms with Gasteiger partial charge in [0.2, 0.25) is 11.8 Å². The maximum absolute atomic E-state index is 12.4. The van der Waals surface area contributed by atoms with Crippen LogP contribution in [0.1, 0.15) is 32.1 Å². The SMILES string of the molecule is CN1CCN(C(=O)CCCN2CC[C@@H](NC(=O)[C@@H](N)CCCn3ccnc3N)C2)CC1. The van der Waals surface area contributed by atoms with Gasteiger partial charge in [0, 0.05) is 70.7 Å². The molecule has 0 radical (unpaired) electrons. The fourth-order valence-corrected chi connectivity index (χ4v) is 4.27. The van der Waals surface area contributed by atoms with Gasteiger partial charge in [-0.15, -0.1) is 0 Å². The van der Waals surface area contributed by atoms with Gasteiger partial charge >= 0.3 is 0 Å². The fraction of sp³-hybridized carbons (Fsp3) is 0.762. The van der Waals surface area contributed by atoms with E-state index in [2.05, 4.69) is 27.1 Å². The molecule has 5 N–H and O–H groups in total. The molecule has 1 aromatic heterocycles. The van der Waals surface area contributed by atoms with E-state index in [-0.39, 0.29) is 17.9 Å². The predicted molar refractivity (Wildman–Crippen MR) is 120 cm³/mol. The molecule has 0 bridgehead atoms. The summed E-state index contributed by atoms with van der Waals surface area (Å²) < 4.78 is 1.86. The van der Waals surface area contributed by atoms with E-state index in [1.54, 1.807) is 6.20 Å². The van der Waals surface area contributed by atoms with Crippen molar-refractivity contribution in [3.05, 3.63) is 12.4 Å². The third kappa shape index (κ3) is 7.19. The summed E-state index contributed by atoms with van der Waals surface area (Å²) in [5, 5.41) is 3.09. The quantitative estimate of drug-likeness (QED) is 0.445. The summed E-state index contributed by atoms with van der Waals surface area (Å²) in [4.78, 5) is 35.3. The first-order valence-electron chi connectivity index (χ1n) is 11.4. The van der Waals surface area contributed by atoms with E-state index in [0.29, 0.717) is 25.3 Å². The highest BCUT2D eigenvalue weighted by Crippen LogP contribution is 2.12. The Bertz CT molecular complexity index is 716. The normalized spacial score (nSPS) is 21.4. The minimum Gasteiger partial charge on any atom is -0.369 e. The highest BCUT2D eigenvalue weighted by Gasteiger charge is 2.26. The van der Waals surface area contributed by atoms with Crippen molar-refractivity contribution in [3.8, 4) is 0 Å². The van der Waals surface area contributed by atoms with Gasteiger partial charge in [0.15, 0.2) is 5.95 Å². The Balaban J connectivity index is 1.27. The lowest BCUT2D eigenvalue weighted by Crippen LogP contribution is -2.47. The maximum atomic E-state index is 12.4. The number of nitrogens with one attached hydrogen (secondary N) is 1. The Morgan fingerprint density at radius 2 is 1.97 bits per heavy atom. The largest absolute Gasteiger partial charge is 0.369 e. The molecule has 2 atom stereocenters. The van der Waals surface area contributed by atoms with Crippen molar-refractivity contribution in [2.24, 2.45) is 5.73 Å². The molecule has 31 heavy (non-hydrogen) atoms. The van der Waals surface area contributed by atoms with Crippen LogP contribution < -0.4 is 16.8 Å². The molecule has 3 heterocycles. The summed E-state index contributed by atoms with van der Waals surface area (Å²) in [6.45, 7) is 6.96. The van der Waals surface area contributed by atoms with Crippen LogP contribution in [0.5, 0.6) is 0 Å². The Kier molecular flexibility index (Phi) is 8.68. The zero-order chi connectivity index (χ0) is 22.2. The molecular formula is C21H38N8O2. The van der Waals surface area contributed by atoms with Crippen LogP contribution in [0, 0.1) is 0 Å². The number of nitrogen functional groups attached to an aromatic ring is 1. The number of nitrogens with two attached hydrogens (primary N) is 2. The van der Waals surface area contributed by atoms with Crippen LogP contribution in [-0.2, 0) is 16.1 Å². The lowest BCUT2D eigenvalue weighted by Gasteiger charge is -2.32. The highest BCUT2D eigenvalue weighted by atomic mass is 16.2. The molecule has 1 aromatic rings. The minimum atomic E-state index is -0.514. The number of piperazine rings is 1. The molecule has 2 fully saturated rings. The number of aromatic nitrogens is 2. The third-order valence-corrected chi connectivity index (χ3v) is 6.34. The van der Waals surface area contributed by atoms with Crippen molar-refractivity contribution in [2.45, 2.75) is 50.7 Å². The number of aryl methyl sites for hydroxylation is 1. The molecule has 0 aromatic carbocycles. The second-order valence-corrected chi connectivity index (χ2v) is 8.81. The zero-order valence-corrected chi connectivity index (χ0v) is 18.7. The Hall–Kier alpha value is -2.17. The van der Waals surface area contributed by atoms with Gasteiger partial charge in [-0.25, -0.2) is 4.98 Å². The number of amides is 2. The number of anilines is 1. The number of imidazole rings is 1. The van der Waals surface area contributed by atoms with Crippen LogP contribution in [0.2, 0.25) is 0 Å². The van der Waals surface area contributed by atoms with Crippen molar-refractivity contribution in [1.82, 2.24) is 29.6 Å². The monoisotopic (exact) mass is 434 g/mol. The molecule has 2 aliphatic heterocycles. The van der Waals surface area contributed by atoms with Crippen molar-refractivity contribution in [2.75, 3.05) is 58.6 Å². The van der Waals surface area contributed by atoms with Gasteiger partial charge in [-0.1, -0.05) is 0 Å². The van der Waals surface area contributed by atoms with Gasteiger partial charge in [-0.2, -0.15) is 0 Å². The summed E-state index contributed by atoms with van der Waals surface area (Å²) in [5.41, 5.74) is 11.8. The van der Waals surface area contributed by atoms with Gasteiger partial charge in [-0.05, 0) is 39.3 Å². The molecular weight excluding hydrogens is 396 g/mol. The van der Waals surface area contributed by atoms with Gasteiger partial charge in [-0.3, -0.25) is 9.59 Å². The number of likely N-dealkylation sites (N-methyl/N-ethyl adjacent to an activating group) is 1. The van der Waals surface area contributed by atoms with Gasteiger partial charge in [0.05, 0.1) is 6.04 Å². The Labute approximate surface area is 184 Å². The smallest absolute Gasteiger partial charge is 0.237 e. The Morgan fingerprint density at radius 1 is 1.19 bits per heavy atom. The van der Waals surface area contributed by atoms with Crippen molar-refractivity contribution in [3.63, 3.8) is 0 Å². The molecule has 10 heteroatoms. The standard InChI is InChI=1S/C21H38N8O2/c1-26-12-14-28(15-13-26)19(30)5-3-8-27-10-6-17(16-27)25-20(31)18(22)4-2-9-29-11-7-24-21(29)23/h7,11,17-18H,2-6,8-10,12-16,22H2,1H3,(H2,23,24)(H,25,31)/t17-,18+/m1/s1. The third-order valence-electron chi connectivity index (χ3n) is 6.34. The molecule has 0 saturated carbocycles. The average molecular weight is 435 g/mol. The second-order valence-electron chi connectivity index (χ2n) is 8.81. The molecule has 10 nitrogen and oxygen atoms in total. The molecule has 0 unspecified atom stereocenters. The first kappa shape index (κ1) is 23.5. The number of nitrogens with zero attached hydrogens (tertiary/aromatic N) is 5. The van der Waals surface area contributed by atoms with E-state index >= 15 is 0 Å². The number of rotatable bonds is 10. The van der Waals surface area contributed by atoms with E-state index in [9.17, 15) is 9.59 Å². The van der Waals surface area contributed by atoms with Gasteiger partial charge in [0.25, 0.3) is 0 Å². The van der Waals surface area contributed by atoms with Crippen LogP contribution in [0.25, 0.3) is 0 Å². The molecule has 3 rings (SSSR count). The summed E-state index contributed by atoms with van der Waals surface area (Å²) in [7, 11) is 2.09. The van der Waals surface area contributed by atoms with Gasteiger partial charge in [0.1, 0.15) is 0 Å². The topological polar surface area (TPSA) is 126 Å². The van der Waals surface area contributed by atoms with Crippen molar-refractivity contribution >= 4 is 17.8 Å². The summed E-state index contributed by atoms with van der Waals surface area (Å²) >= 11 is 0. The second kappa shape index (κ2) is 11.4. The summed E-state index contributed by atoms with van der Waals surface area (Å²) in [6.07, 6.45) is 7.26. The van der Waals surface area contributed by atoms with E-state index in [1.165, 1.54) is 0 Å². The van der Waals surface area contributed by atoms with E-state index < -0.39 is 6.04 Å². The lowest BCUT2D eigenvalue weighted by molar-refractivity contribution is -0.132. The summed E-state index contributed by atoms with van der Waals surface area (Å²) in [5.74, 6) is 0.658. The molecule has 2 aliphatic rings. The minimum absolute atomic E-state index is 0.0873. The van der Waals surface area contributed by atoms with Crippen LogP contribution in [0.15, 0.2) is 12.4 Å². The number of hydrogen-bond donors (Lipinski definition) is 3. The predicted octanol–water partition coefficient (Wildman–Crippen LogP) is -0.682. The lowest BCUT2D eigenvalue weighted by atomic mass is 10.1. The van der Waals surface area contributed by atoms with Crippen LogP contribution in [-0.4, -0.2) is 101 Å². The molecule has 2 amide bonds. The van der Waals surface area contributed by atoms with Crippen LogP contribution >= 0.6 is 0 Å². The molecule has 174 valence electrons. The zero-order valence-electron chi connectivity index (χ0n) is 18.7. The average Bonchev–Trinajstić information content (AvgIpc) is 3.37. The number of likely N-dealkylation sites (tertiary alicyclic amines) is 1. The number of carbonyl (C=O) groups is 2. The molecule has 0 spiro atoms. The van der Waals surface area contributed by atoms with Crippen molar-refractivity contribution < 1.29 is 9.59 Å². The Morgan fingerprint density at radius 3 is 2.68 bits per heavy atom.